The monoisotopic (exact) mass is 300 g/mol. The lowest BCUT2D eigenvalue weighted by molar-refractivity contribution is -0.123. The molecule has 1 aromatic carbocycles. The topological polar surface area (TPSA) is 60.3 Å². The molecule has 0 fully saturated rings. The first-order valence-corrected chi connectivity index (χ1v) is 7.09. The van der Waals surface area contributed by atoms with Crippen LogP contribution in [0.2, 0.25) is 0 Å². The molecule has 0 saturated carbocycles. The van der Waals surface area contributed by atoms with Gasteiger partial charge in [0, 0.05) is 18.9 Å². The van der Waals surface area contributed by atoms with E-state index in [4.69, 9.17) is 4.74 Å². The van der Waals surface area contributed by atoms with Gasteiger partial charge in [-0.05, 0) is 44.0 Å². The Morgan fingerprint density at radius 1 is 1.14 bits per heavy atom. The van der Waals surface area contributed by atoms with E-state index in [1.54, 1.807) is 36.9 Å². The van der Waals surface area contributed by atoms with Gasteiger partial charge in [-0.3, -0.25) is 4.79 Å². The summed E-state index contributed by atoms with van der Waals surface area (Å²) in [6.07, 6.45) is 0.874. The third-order valence-corrected chi connectivity index (χ3v) is 3.54. The summed E-state index contributed by atoms with van der Waals surface area (Å²) < 4.78 is 6.87. The van der Waals surface area contributed by atoms with Gasteiger partial charge in [0.25, 0.3) is 5.91 Å². The van der Waals surface area contributed by atoms with Crippen LogP contribution in [0.3, 0.4) is 0 Å². The number of benzene rings is 1. The molecule has 5 nitrogen and oxygen atoms in total. The van der Waals surface area contributed by atoms with E-state index in [1.807, 2.05) is 32.0 Å². The summed E-state index contributed by atoms with van der Waals surface area (Å²) in [4.78, 5) is 24.2. The molecule has 2 aromatic rings. The quantitative estimate of drug-likeness (QED) is 0.883. The van der Waals surface area contributed by atoms with Crippen LogP contribution < -0.4 is 5.32 Å². The number of aryl methyl sites for hydroxylation is 3. The molecule has 1 N–H and O–H groups in total. The standard InChI is InChI=1S/C17H20N2O3/c1-11-7-5-8-12(2)15(11)18-16(20)13(3)22-17(21)14-9-6-10-19(14)4/h5-10,13H,1-4H3,(H,18,20)/t13-/m1/s1. The second-order valence-corrected chi connectivity index (χ2v) is 5.31. The van der Waals surface area contributed by atoms with Crippen molar-refractivity contribution >= 4 is 17.6 Å². The number of amides is 1. The smallest absolute Gasteiger partial charge is 0.355 e. The first-order valence-electron chi connectivity index (χ1n) is 7.09. The van der Waals surface area contributed by atoms with E-state index in [0.717, 1.165) is 16.8 Å². The number of nitrogens with one attached hydrogen (secondary N) is 1. The number of hydrogen-bond donors (Lipinski definition) is 1. The molecule has 0 aliphatic heterocycles. The summed E-state index contributed by atoms with van der Waals surface area (Å²) in [7, 11) is 1.75. The summed E-state index contributed by atoms with van der Waals surface area (Å²) in [5, 5.41) is 2.82. The van der Waals surface area contributed by atoms with Crippen molar-refractivity contribution in [3.63, 3.8) is 0 Å². The fraction of sp³-hybridized carbons (Fsp3) is 0.294. The molecule has 0 saturated heterocycles. The van der Waals surface area contributed by atoms with Crippen molar-refractivity contribution in [1.29, 1.82) is 0 Å². The minimum Gasteiger partial charge on any atom is -0.448 e. The van der Waals surface area contributed by atoms with Crippen molar-refractivity contribution in [1.82, 2.24) is 4.57 Å². The molecule has 0 aliphatic rings. The van der Waals surface area contributed by atoms with Crippen LogP contribution in [0.15, 0.2) is 36.5 Å². The summed E-state index contributed by atoms with van der Waals surface area (Å²) in [6, 6.07) is 9.17. The number of aromatic nitrogens is 1. The van der Waals surface area contributed by atoms with Crippen molar-refractivity contribution in [2.75, 3.05) is 5.32 Å². The molecule has 5 heteroatoms. The average molecular weight is 300 g/mol. The highest BCUT2D eigenvalue weighted by Crippen LogP contribution is 2.20. The fourth-order valence-electron chi connectivity index (χ4n) is 2.18. The van der Waals surface area contributed by atoms with Crippen LogP contribution in [0.1, 0.15) is 28.5 Å². The summed E-state index contributed by atoms with van der Waals surface area (Å²) in [5.41, 5.74) is 3.10. The molecule has 2 rings (SSSR count). The molecule has 0 bridgehead atoms. The van der Waals surface area contributed by atoms with Gasteiger partial charge in [-0.25, -0.2) is 4.79 Å². The lowest BCUT2D eigenvalue weighted by atomic mass is 10.1. The Kier molecular flexibility index (Phi) is 4.65. The molecule has 1 amide bonds. The lowest BCUT2D eigenvalue weighted by Gasteiger charge is -2.16. The van der Waals surface area contributed by atoms with E-state index in [0.29, 0.717) is 5.69 Å². The van der Waals surface area contributed by atoms with Crippen LogP contribution in [0.4, 0.5) is 5.69 Å². The van der Waals surface area contributed by atoms with Crippen LogP contribution in [0, 0.1) is 13.8 Å². The molecule has 1 aromatic heterocycles. The number of para-hydroxylation sites is 1. The van der Waals surface area contributed by atoms with E-state index in [2.05, 4.69) is 5.32 Å². The van der Waals surface area contributed by atoms with Gasteiger partial charge in [0.2, 0.25) is 0 Å². The molecule has 1 heterocycles. The van der Waals surface area contributed by atoms with Crippen molar-refractivity contribution < 1.29 is 14.3 Å². The Morgan fingerprint density at radius 2 is 1.77 bits per heavy atom. The number of anilines is 1. The Morgan fingerprint density at radius 3 is 2.32 bits per heavy atom. The van der Waals surface area contributed by atoms with E-state index in [9.17, 15) is 9.59 Å². The van der Waals surface area contributed by atoms with Crippen molar-refractivity contribution in [2.45, 2.75) is 26.9 Å². The zero-order chi connectivity index (χ0) is 16.3. The molecular formula is C17H20N2O3. The molecule has 116 valence electrons. The minimum atomic E-state index is -0.874. The zero-order valence-electron chi connectivity index (χ0n) is 13.2. The summed E-state index contributed by atoms with van der Waals surface area (Å²) in [5.74, 6) is -0.864. The molecule has 0 spiro atoms. The van der Waals surface area contributed by atoms with Gasteiger partial charge in [-0.2, -0.15) is 0 Å². The first kappa shape index (κ1) is 15.8. The van der Waals surface area contributed by atoms with Crippen LogP contribution in [0.5, 0.6) is 0 Å². The molecule has 22 heavy (non-hydrogen) atoms. The van der Waals surface area contributed by atoms with Gasteiger partial charge in [0.1, 0.15) is 5.69 Å². The number of carbonyl (C=O) groups excluding carboxylic acids is 2. The predicted octanol–water partition coefficient (Wildman–Crippen LogP) is 2.83. The van der Waals surface area contributed by atoms with Crippen LogP contribution in [-0.2, 0) is 16.6 Å². The van der Waals surface area contributed by atoms with Crippen LogP contribution in [-0.4, -0.2) is 22.5 Å². The van der Waals surface area contributed by atoms with E-state index < -0.39 is 12.1 Å². The number of nitrogens with zero attached hydrogens (tertiary/aromatic N) is 1. The molecule has 0 unspecified atom stereocenters. The molecule has 1 atom stereocenters. The van der Waals surface area contributed by atoms with Crippen LogP contribution in [0.25, 0.3) is 0 Å². The van der Waals surface area contributed by atoms with Gasteiger partial charge < -0.3 is 14.6 Å². The highest BCUT2D eigenvalue weighted by atomic mass is 16.5. The predicted molar refractivity (Wildman–Crippen MR) is 84.8 cm³/mol. The van der Waals surface area contributed by atoms with E-state index >= 15 is 0 Å². The van der Waals surface area contributed by atoms with Crippen LogP contribution >= 0.6 is 0 Å². The van der Waals surface area contributed by atoms with Crippen molar-refractivity contribution in [2.24, 2.45) is 7.05 Å². The number of rotatable bonds is 4. The van der Waals surface area contributed by atoms with E-state index in [-0.39, 0.29) is 5.91 Å². The highest BCUT2D eigenvalue weighted by molar-refractivity contribution is 5.97. The van der Waals surface area contributed by atoms with Gasteiger partial charge in [0.05, 0.1) is 0 Å². The Bertz CT molecular complexity index is 683. The number of carbonyl (C=O) groups is 2. The fourth-order valence-corrected chi connectivity index (χ4v) is 2.18. The Labute approximate surface area is 129 Å². The molecule has 0 radical (unpaired) electrons. The maximum absolute atomic E-state index is 12.2. The normalized spacial score (nSPS) is 11.8. The largest absolute Gasteiger partial charge is 0.448 e. The maximum atomic E-state index is 12.2. The molecular weight excluding hydrogens is 280 g/mol. The second kappa shape index (κ2) is 6.47. The second-order valence-electron chi connectivity index (χ2n) is 5.31. The van der Waals surface area contributed by atoms with Gasteiger partial charge in [-0.1, -0.05) is 18.2 Å². The van der Waals surface area contributed by atoms with Gasteiger partial charge >= 0.3 is 5.97 Å². The van der Waals surface area contributed by atoms with Gasteiger partial charge in [0.15, 0.2) is 6.10 Å². The molecule has 0 aliphatic carbocycles. The van der Waals surface area contributed by atoms with Crippen molar-refractivity contribution in [3.8, 4) is 0 Å². The Hall–Kier alpha value is -2.56. The first-order chi connectivity index (χ1) is 10.4. The van der Waals surface area contributed by atoms with Gasteiger partial charge in [-0.15, -0.1) is 0 Å². The average Bonchev–Trinajstić information content (AvgIpc) is 2.89. The lowest BCUT2D eigenvalue weighted by Crippen LogP contribution is -2.31. The summed E-state index contributed by atoms with van der Waals surface area (Å²) in [6.45, 7) is 5.40. The highest BCUT2D eigenvalue weighted by Gasteiger charge is 2.21. The summed E-state index contributed by atoms with van der Waals surface area (Å²) >= 11 is 0. The van der Waals surface area contributed by atoms with Crippen molar-refractivity contribution in [3.05, 3.63) is 53.3 Å². The third-order valence-electron chi connectivity index (χ3n) is 3.54. The minimum absolute atomic E-state index is 0.347. The third kappa shape index (κ3) is 3.36. The number of esters is 1. The zero-order valence-corrected chi connectivity index (χ0v) is 13.2. The Balaban J connectivity index is 2.04. The number of hydrogen-bond acceptors (Lipinski definition) is 3. The SMILES string of the molecule is Cc1cccc(C)c1NC(=O)[C@@H](C)OC(=O)c1cccn1C. The maximum Gasteiger partial charge on any atom is 0.355 e. The number of ether oxygens (including phenoxy) is 1. The van der Waals surface area contributed by atoms with E-state index in [1.165, 1.54) is 0 Å².